The molecule has 0 saturated carbocycles. The number of carbonyl (C=O) groups excluding carboxylic acids is 1. The standard InChI is InChI=1S/C19H17N3O5/c1-9-3-4-14-12(5-9)18(26)13(8-27-14)11-6-15(23)20-19-17(11)10(2)21-22(19)7-16(24)25/h3-5,8,11H,6-7H2,1-2H3,(H,20,23)(H,24,25)/t11-/m0/s1. The number of carboxylic acid groups (broad SMARTS) is 1. The number of carboxylic acids is 1. The number of nitrogens with zero attached hydrogens (tertiary/aromatic N) is 2. The van der Waals surface area contributed by atoms with Gasteiger partial charge in [-0.15, -0.1) is 0 Å². The Kier molecular flexibility index (Phi) is 3.83. The smallest absolute Gasteiger partial charge is 0.325 e. The van der Waals surface area contributed by atoms with E-state index in [4.69, 9.17) is 9.52 Å². The second kappa shape index (κ2) is 6.08. The van der Waals surface area contributed by atoms with Gasteiger partial charge in [-0.25, -0.2) is 4.68 Å². The van der Waals surface area contributed by atoms with Gasteiger partial charge in [0.15, 0.2) is 5.43 Å². The second-order valence-electron chi connectivity index (χ2n) is 6.72. The number of rotatable bonds is 3. The predicted octanol–water partition coefficient (Wildman–Crippen LogP) is 2.17. The van der Waals surface area contributed by atoms with Crippen LogP contribution in [-0.2, 0) is 16.1 Å². The molecule has 8 nitrogen and oxygen atoms in total. The van der Waals surface area contributed by atoms with E-state index in [1.807, 2.05) is 13.0 Å². The molecule has 2 aromatic heterocycles. The molecular formula is C19H17N3O5. The first-order chi connectivity index (χ1) is 12.8. The Labute approximate surface area is 153 Å². The molecule has 1 atom stereocenters. The van der Waals surface area contributed by atoms with Crippen LogP contribution in [0.15, 0.2) is 33.7 Å². The molecule has 0 fully saturated rings. The predicted molar refractivity (Wildman–Crippen MR) is 96.9 cm³/mol. The SMILES string of the molecule is Cc1ccc2occ([C@@H]3CC(=O)Nc4c3c(C)nn4CC(=O)O)c(=O)c2c1. The van der Waals surface area contributed by atoms with Crippen molar-refractivity contribution in [2.24, 2.45) is 0 Å². The molecule has 3 heterocycles. The normalized spacial score (nSPS) is 16.2. The number of benzene rings is 1. The van der Waals surface area contributed by atoms with Crippen molar-refractivity contribution in [3.63, 3.8) is 0 Å². The number of fused-ring (bicyclic) bond motifs is 2. The van der Waals surface area contributed by atoms with E-state index in [0.717, 1.165) is 5.56 Å². The molecule has 0 radical (unpaired) electrons. The number of carbonyl (C=O) groups is 2. The van der Waals surface area contributed by atoms with Crippen LogP contribution in [0.2, 0.25) is 0 Å². The summed E-state index contributed by atoms with van der Waals surface area (Å²) in [6.07, 6.45) is 1.45. The van der Waals surface area contributed by atoms with Crippen LogP contribution < -0.4 is 10.7 Å². The zero-order valence-electron chi connectivity index (χ0n) is 14.8. The minimum Gasteiger partial charge on any atom is -0.480 e. The number of hydrogen-bond donors (Lipinski definition) is 2. The van der Waals surface area contributed by atoms with Crippen molar-refractivity contribution in [3.8, 4) is 0 Å². The van der Waals surface area contributed by atoms with Gasteiger partial charge in [0.2, 0.25) is 5.91 Å². The summed E-state index contributed by atoms with van der Waals surface area (Å²) in [4.78, 5) is 36.4. The van der Waals surface area contributed by atoms with Crippen molar-refractivity contribution in [1.82, 2.24) is 9.78 Å². The number of aliphatic carboxylic acids is 1. The molecule has 0 saturated heterocycles. The minimum atomic E-state index is -1.07. The van der Waals surface area contributed by atoms with Gasteiger partial charge in [0.05, 0.1) is 17.3 Å². The lowest BCUT2D eigenvalue weighted by Crippen LogP contribution is -2.28. The Morgan fingerprint density at radius 3 is 2.89 bits per heavy atom. The van der Waals surface area contributed by atoms with Crippen LogP contribution in [-0.4, -0.2) is 26.8 Å². The fourth-order valence-corrected chi connectivity index (χ4v) is 3.62. The molecule has 1 aliphatic rings. The van der Waals surface area contributed by atoms with Crippen LogP contribution in [0.1, 0.15) is 34.7 Å². The van der Waals surface area contributed by atoms with Gasteiger partial charge in [0, 0.05) is 23.5 Å². The lowest BCUT2D eigenvalue weighted by Gasteiger charge is -2.23. The molecule has 1 amide bonds. The second-order valence-corrected chi connectivity index (χ2v) is 6.72. The van der Waals surface area contributed by atoms with Gasteiger partial charge in [-0.2, -0.15) is 5.10 Å². The van der Waals surface area contributed by atoms with Gasteiger partial charge in [0.1, 0.15) is 17.9 Å². The number of aromatic nitrogens is 2. The molecule has 0 aliphatic carbocycles. The van der Waals surface area contributed by atoms with Crippen molar-refractivity contribution in [2.75, 3.05) is 5.32 Å². The van der Waals surface area contributed by atoms with E-state index in [1.165, 1.54) is 10.9 Å². The molecule has 138 valence electrons. The molecule has 1 aromatic carbocycles. The summed E-state index contributed by atoms with van der Waals surface area (Å²) in [7, 11) is 0. The molecular weight excluding hydrogens is 350 g/mol. The summed E-state index contributed by atoms with van der Waals surface area (Å²) >= 11 is 0. The number of hydrogen-bond acceptors (Lipinski definition) is 5. The van der Waals surface area contributed by atoms with Crippen molar-refractivity contribution < 1.29 is 19.1 Å². The maximum atomic E-state index is 13.1. The molecule has 0 bridgehead atoms. The van der Waals surface area contributed by atoms with Crippen LogP contribution in [0.3, 0.4) is 0 Å². The third-order valence-electron chi connectivity index (χ3n) is 4.78. The Bertz CT molecular complexity index is 1160. The summed E-state index contributed by atoms with van der Waals surface area (Å²) < 4.78 is 6.88. The lowest BCUT2D eigenvalue weighted by molar-refractivity contribution is -0.137. The number of amides is 1. The Morgan fingerprint density at radius 2 is 2.15 bits per heavy atom. The van der Waals surface area contributed by atoms with Crippen LogP contribution >= 0.6 is 0 Å². The van der Waals surface area contributed by atoms with Gasteiger partial charge in [-0.3, -0.25) is 14.4 Å². The van der Waals surface area contributed by atoms with E-state index in [-0.39, 0.29) is 24.3 Å². The summed E-state index contributed by atoms with van der Waals surface area (Å²) in [5, 5.41) is 16.5. The Balaban J connectivity index is 1.92. The van der Waals surface area contributed by atoms with E-state index in [2.05, 4.69) is 10.4 Å². The van der Waals surface area contributed by atoms with Crippen molar-refractivity contribution >= 4 is 28.7 Å². The quantitative estimate of drug-likeness (QED) is 0.733. The summed E-state index contributed by atoms with van der Waals surface area (Å²) in [5.74, 6) is -1.60. The fraction of sp³-hybridized carbons (Fsp3) is 0.263. The lowest BCUT2D eigenvalue weighted by atomic mass is 9.86. The summed E-state index contributed by atoms with van der Waals surface area (Å²) in [6, 6.07) is 5.36. The molecule has 0 unspecified atom stereocenters. The van der Waals surface area contributed by atoms with E-state index in [0.29, 0.717) is 33.6 Å². The summed E-state index contributed by atoms with van der Waals surface area (Å²) in [6.45, 7) is 3.24. The Morgan fingerprint density at radius 1 is 1.37 bits per heavy atom. The number of nitrogens with one attached hydrogen (secondary N) is 1. The third kappa shape index (κ3) is 2.79. The molecule has 4 rings (SSSR count). The van der Waals surface area contributed by atoms with Crippen molar-refractivity contribution in [2.45, 2.75) is 32.7 Å². The minimum absolute atomic E-state index is 0.0642. The van der Waals surface area contributed by atoms with Gasteiger partial charge < -0.3 is 14.8 Å². The highest BCUT2D eigenvalue weighted by atomic mass is 16.4. The van der Waals surface area contributed by atoms with Crippen molar-refractivity contribution in [3.05, 3.63) is 57.1 Å². The van der Waals surface area contributed by atoms with E-state index < -0.39 is 11.9 Å². The average Bonchev–Trinajstić information content (AvgIpc) is 2.90. The average molecular weight is 367 g/mol. The summed E-state index contributed by atoms with van der Waals surface area (Å²) in [5.41, 5.74) is 2.79. The number of anilines is 1. The van der Waals surface area contributed by atoms with Gasteiger partial charge >= 0.3 is 5.97 Å². The highest BCUT2D eigenvalue weighted by Gasteiger charge is 2.34. The van der Waals surface area contributed by atoms with Crippen molar-refractivity contribution in [1.29, 1.82) is 0 Å². The van der Waals surface area contributed by atoms with E-state index >= 15 is 0 Å². The van der Waals surface area contributed by atoms with Crippen LogP contribution in [0.4, 0.5) is 5.82 Å². The molecule has 27 heavy (non-hydrogen) atoms. The molecule has 2 N–H and O–H groups in total. The fourth-order valence-electron chi connectivity index (χ4n) is 3.62. The molecule has 0 spiro atoms. The molecule has 8 heteroatoms. The third-order valence-corrected chi connectivity index (χ3v) is 4.78. The molecule has 3 aromatic rings. The Hall–Kier alpha value is -3.42. The van der Waals surface area contributed by atoms with Crippen LogP contribution in [0.5, 0.6) is 0 Å². The largest absolute Gasteiger partial charge is 0.480 e. The zero-order valence-corrected chi connectivity index (χ0v) is 14.8. The zero-order chi connectivity index (χ0) is 19.3. The maximum absolute atomic E-state index is 13.1. The monoisotopic (exact) mass is 367 g/mol. The van der Waals surface area contributed by atoms with Crippen LogP contribution in [0.25, 0.3) is 11.0 Å². The van der Waals surface area contributed by atoms with E-state index in [1.54, 1.807) is 19.1 Å². The topological polar surface area (TPSA) is 114 Å². The molecule has 1 aliphatic heterocycles. The van der Waals surface area contributed by atoms with E-state index in [9.17, 15) is 14.4 Å². The number of aryl methyl sites for hydroxylation is 2. The van der Waals surface area contributed by atoms with Gasteiger partial charge in [-0.05, 0) is 26.0 Å². The van der Waals surface area contributed by atoms with Gasteiger partial charge in [-0.1, -0.05) is 11.6 Å². The first kappa shape index (κ1) is 17.0. The first-order valence-electron chi connectivity index (χ1n) is 8.46. The van der Waals surface area contributed by atoms with Gasteiger partial charge in [0.25, 0.3) is 0 Å². The highest BCUT2D eigenvalue weighted by Crippen LogP contribution is 2.38. The highest BCUT2D eigenvalue weighted by molar-refractivity contribution is 5.95. The maximum Gasteiger partial charge on any atom is 0.325 e. The van der Waals surface area contributed by atoms with Crippen LogP contribution in [0, 0.1) is 13.8 Å². The first-order valence-corrected chi connectivity index (χ1v) is 8.46.